The number of nitrogens with zero attached hydrogens (tertiary/aromatic N) is 3. The van der Waals surface area contributed by atoms with Gasteiger partial charge in [0.1, 0.15) is 5.82 Å². The fourth-order valence-electron chi connectivity index (χ4n) is 2.64. The molecule has 0 unspecified atom stereocenters. The highest BCUT2D eigenvalue weighted by Gasteiger charge is 2.28. The van der Waals surface area contributed by atoms with Gasteiger partial charge in [0.2, 0.25) is 5.91 Å². The maximum absolute atomic E-state index is 12.2. The van der Waals surface area contributed by atoms with Crippen LogP contribution in [-0.2, 0) is 18.3 Å². The summed E-state index contributed by atoms with van der Waals surface area (Å²) in [5, 5.41) is 7.44. The number of carbonyl (C=O) groups excluding carboxylic acids is 1. The Morgan fingerprint density at radius 3 is 2.72 bits per heavy atom. The van der Waals surface area contributed by atoms with E-state index in [-0.39, 0.29) is 11.9 Å². The minimum atomic E-state index is 0.00405. The van der Waals surface area contributed by atoms with Crippen LogP contribution in [0.4, 0.5) is 5.82 Å². The minimum Gasteiger partial charge on any atom is -0.309 e. The van der Waals surface area contributed by atoms with Crippen LogP contribution in [0.2, 0.25) is 0 Å². The van der Waals surface area contributed by atoms with Gasteiger partial charge in [0.15, 0.2) is 0 Å². The molecule has 1 aromatic rings. The number of rotatable bonds is 3. The van der Waals surface area contributed by atoms with Crippen molar-refractivity contribution >= 4 is 11.7 Å². The quantitative estimate of drug-likeness (QED) is 0.880. The maximum atomic E-state index is 12.2. The van der Waals surface area contributed by atoms with Gasteiger partial charge in [-0.1, -0.05) is 6.92 Å². The average Bonchev–Trinajstić information content (AvgIpc) is 2.87. The van der Waals surface area contributed by atoms with Gasteiger partial charge in [-0.15, -0.1) is 0 Å². The zero-order valence-corrected chi connectivity index (χ0v) is 11.7. The molecule has 0 radical (unpaired) electrons. The molecule has 0 bridgehead atoms. The number of hydrogen-bond acceptors (Lipinski definition) is 3. The number of likely N-dealkylation sites (N-methyl/N-ethyl adjacent to an activating group) is 1. The number of aromatic nitrogens is 2. The molecule has 1 amide bonds. The second kappa shape index (κ2) is 5.10. The van der Waals surface area contributed by atoms with Crippen molar-refractivity contribution in [2.75, 3.05) is 18.9 Å². The van der Waals surface area contributed by atoms with E-state index in [0.29, 0.717) is 0 Å². The summed E-state index contributed by atoms with van der Waals surface area (Å²) < 4.78 is 1.76. The highest BCUT2D eigenvalue weighted by Crippen LogP contribution is 2.21. The lowest BCUT2D eigenvalue weighted by Crippen LogP contribution is -2.37. The summed E-state index contributed by atoms with van der Waals surface area (Å²) in [7, 11) is 3.88. The molecule has 1 N–H and O–H groups in total. The van der Waals surface area contributed by atoms with Gasteiger partial charge in [0.25, 0.3) is 0 Å². The number of likely N-dealkylation sites (tertiary alicyclic amines) is 1. The molecule has 1 aliphatic heterocycles. The van der Waals surface area contributed by atoms with E-state index in [9.17, 15) is 4.79 Å². The second-order valence-electron chi connectivity index (χ2n) is 5.03. The van der Waals surface area contributed by atoms with Gasteiger partial charge in [0.05, 0.1) is 11.7 Å². The number of carbonyl (C=O) groups is 1. The van der Waals surface area contributed by atoms with Crippen molar-refractivity contribution in [3.8, 4) is 0 Å². The van der Waals surface area contributed by atoms with Gasteiger partial charge in [-0.2, -0.15) is 5.10 Å². The molecule has 0 saturated carbocycles. The van der Waals surface area contributed by atoms with Crippen molar-refractivity contribution in [1.29, 1.82) is 0 Å². The first kappa shape index (κ1) is 13.1. The first-order valence-corrected chi connectivity index (χ1v) is 6.58. The third-order valence-electron chi connectivity index (χ3n) is 3.78. The predicted octanol–water partition coefficient (Wildman–Crippen LogP) is 1.32. The average molecular weight is 250 g/mol. The monoisotopic (exact) mass is 250 g/mol. The van der Waals surface area contributed by atoms with E-state index in [1.165, 1.54) is 0 Å². The van der Waals surface area contributed by atoms with E-state index in [4.69, 9.17) is 0 Å². The van der Waals surface area contributed by atoms with Gasteiger partial charge in [-0.05, 0) is 39.8 Å². The number of nitrogens with one attached hydrogen (secondary N) is 1. The van der Waals surface area contributed by atoms with Crippen LogP contribution >= 0.6 is 0 Å². The van der Waals surface area contributed by atoms with Crippen LogP contribution in [-0.4, -0.2) is 40.2 Å². The largest absolute Gasteiger partial charge is 0.309 e. The molecule has 18 heavy (non-hydrogen) atoms. The maximum Gasteiger partial charge on any atom is 0.242 e. The van der Waals surface area contributed by atoms with Crippen molar-refractivity contribution in [2.24, 2.45) is 7.05 Å². The lowest BCUT2D eigenvalue weighted by molar-refractivity contribution is -0.120. The molecular formula is C13H22N4O. The van der Waals surface area contributed by atoms with Crippen molar-refractivity contribution in [3.63, 3.8) is 0 Å². The Kier molecular flexibility index (Phi) is 3.71. The van der Waals surface area contributed by atoms with Crippen LogP contribution in [0.15, 0.2) is 0 Å². The zero-order valence-electron chi connectivity index (χ0n) is 11.7. The van der Waals surface area contributed by atoms with Crippen LogP contribution < -0.4 is 5.32 Å². The Bertz CT molecular complexity index is 452. The van der Waals surface area contributed by atoms with Crippen LogP contribution in [0.25, 0.3) is 0 Å². The summed E-state index contributed by atoms with van der Waals surface area (Å²) in [6.07, 6.45) is 2.93. The van der Waals surface area contributed by atoms with Gasteiger partial charge in [-0.3, -0.25) is 14.4 Å². The number of anilines is 1. The smallest absolute Gasteiger partial charge is 0.242 e. The van der Waals surface area contributed by atoms with E-state index >= 15 is 0 Å². The first-order chi connectivity index (χ1) is 8.54. The summed E-state index contributed by atoms with van der Waals surface area (Å²) in [6, 6.07) is 0.00405. The topological polar surface area (TPSA) is 50.2 Å². The van der Waals surface area contributed by atoms with E-state index in [1.807, 2.05) is 21.0 Å². The molecular weight excluding hydrogens is 228 g/mol. The third kappa shape index (κ3) is 2.27. The summed E-state index contributed by atoms with van der Waals surface area (Å²) in [6.45, 7) is 5.09. The predicted molar refractivity (Wildman–Crippen MR) is 71.6 cm³/mol. The van der Waals surface area contributed by atoms with Crippen LogP contribution in [0.5, 0.6) is 0 Å². The summed E-state index contributed by atoms with van der Waals surface area (Å²) in [5.41, 5.74) is 2.13. The van der Waals surface area contributed by atoms with Gasteiger partial charge in [0, 0.05) is 12.6 Å². The Balaban J connectivity index is 2.14. The lowest BCUT2D eigenvalue weighted by atomic mass is 10.2. The molecule has 1 atom stereocenters. The fraction of sp³-hybridized carbons (Fsp3) is 0.692. The Morgan fingerprint density at radius 1 is 1.50 bits per heavy atom. The van der Waals surface area contributed by atoms with Crippen molar-refractivity contribution in [1.82, 2.24) is 14.7 Å². The molecule has 5 nitrogen and oxygen atoms in total. The fourth-order valence-corrected chi connectivity index (χ4v) is 2.64. The number of amides is 1. The Hall–Kier alpha value is -1.36. The summed E-state index contributed by atoms with van der Waals surface area (Å²) in [4.78, 5) is 14.3. The van der Waals surface area contributed by atoms with Crippen molar-refractivity contribution in [3.05, 3.63) is 11.3 Å². The second-order valence-corrected chi connectivity index (χ2v) is 5.03. The van der Waals surface area contributed by atoms with Crippen LogP contribution in [0.3, 0.4) is 0 Å². The van der Waals surface area contributed by atoms with E-state index < -0.39 is 0 Å². The molecule has 100 valence electrons. The normalized spacial score (nSPS) is 20.3. The van der Waals surface area contributed by atoms with Gasteiger partial charge in [-0.25, -0.2) is 0 Å². The van der Waals surface area contributed by atoms with Crippen molar-refractivity contribution in [2.45, 2.75) is 39.2 Å². The Morgan fingerprint density at radius 2 is 2.22 bits per heavy atom. The van der Waals surface area contributed by atoms with E-state index in [0.717, 1.165) is 42.9 Å². The standard InChI is InChI=1S/C13H22N4O/c1-5-10-9(2)12(17(4)15-10)14-13(18)11-7-6-8-16(11)3/h11H,5-8H2,1-4H3,(H,14,18)/t11-/m0/s1. The molecule has 1 saturated heterocycles. The molecule has 1 aliphatic rings. The Labute approximate surface area is 108 Å². The first-order valence-electron chi connectivity index (χ1n) is 6.58. The van der Waals surface area contributed by atoms with Crippen molar-refractivity contribution < 1.29 is 4.79 Å². The van der Waals surface area contributed by atoms with E-state index in [2.05, 4.69) is 22.2 Å². The number of aryl methyl sites for hydroxylation is 2. The van der Waals surface area contributed by atoms with E-state index in [1.54, 1.807) is 4.68 Å². The molecule has 2 rings (SSSR count). The van der Waals surface area contributed by atoms with Crippen LogP contribution in [0.1, 0.15) is 31.0 Å². The molecule has 0 aliphatic carbocycles. The molecule has 0 spiro atoms. The summed E-state index contributed by atoms with van der Waals surface area (Å²) >= 11 is 0. The van der Waals surface area contributed by atoms with Gasteiger partial charge >= 0.3 is 0 Å². The SMILES string of the molecule is CCc1nn(C)c(NC(=O)[C@@H]2CCCN2C)c1C. The molecule has 2 heterocycles. The molecule has 0 aromatic carbocycles. The third-order valence-corrected chi connectivity index (χ3v) is 3.78. The highest BCUT2D eigenvalue weighted by atomic mass is 16.2. The minimum absolute atomic E-state index is 0.00405. The zero-order chi connectivity index (χ0) is 13.3. The summed E-state index contributed by atoms with van der Waals surface area (Å²) in [5.74, 6) is 0.918. The van der Waals surface area contributed by atoms with Gasteiger partial charge < -0.3 is 5.32 Å². The highest BCUT2D eigenvalue weighted by molar-refractivity contribution is 5.95. The molecule has 1 aromatic heterocycles. The molecule has 5 heteroatoms. The number of hydrogen-bond donors (Lipinski definition) is 1. The molecule has 1 fully saturated rings. The van der Waals surface area contributed by atoms with Crippen LogP contribution in [0, 0.1) is 6.92 Å². The lowest BCUT2D eigenvalue weighted by Gasteiger charge is -2.18.